The average Bonchev–Trinajstić information content (AvgIpc) is 2.94. The van der Waals surface area contributed by atoms with Crippen LogP contribution >= 0.6 is 0 Å². The Morgan fingerprint density at radius 2 is 1.55 bits per heavy atom. The van der Waals surface area contributed by atoms with E-state index in [0.29, 0.717) is 13.2 Å². The second-order valence-corrected chi connectivity index (χ2v) is 7.49. The molecule has 0 unspecified atom stereocenters. The molecule has 0 aliphatic carbocycles. The Hall–Kier alpha value is -3.04. The third-order valence-corrected chi connectivity index (χ3v) is 5.14. The molecule has 29 heavy (non-hydrogen) atoms. The highest BCUT2D eigenvalue weighted by atomic mass is 16.5. The summed E-state index contributed by atoms with van der Waals surface area (Å²) in [6.45, 7) is 2.26. The van der Waals surface area contributed by atoms with E-state index in [9.17, 15) is 0 Å². The summed E-state index contributed by atoms with van der Waals surface area (Å²) in [7, 11) is 4.10. The average molecular weight is 386 g/mol. The van der Waals surface area contributed by atoms with Crippen LogP contribution in [-0.4, -0.2) is 38.8 Å². The van der Waals surface area contributed by atoms with E-state index in [1.807, 2.05) is 6.07 Å². The molecule has 1 aliphatic heterocycles. The molecular formula is C26H27NO2. The van der Waals surface area contributed by atoms with Gasteiger partial charge in [0.2, 0.25) is 0 Å². The fourth-order valence-electron chi connectivity index (χ4n) is 3.67. The molecule has 4 rings (SSSR count). The predicted octanol–water partition coefficient (Wildman–Crippen LogP) is 5.37. The molecule has 0 spiro atoms. The van der Waals surface area contributed by atoms with Crippen molar-refractivity contribution in [1.82, 2.24) is 4.90 Å². The minimum Gasteiger partial charge on any atom is -0.493 e. The Morgan fingerprint density at radius 1 is 0.828 bits per heavy atom. The summed E-state index contributed by atoms with van der Waals surface area (Å²) in [6.07, 6.45) is 0.870. The lowest BCUT2D eigenvalue weighted by Gasteiger charge is -2.16. The molecule has 0 bridgehead atoms. The van der Waals surface area contributed by atoms with E-state index in [0.717, 1.165) is 30.0 Å². The third kappa shape index (κ3) is 4.52. The van der Waals surface area contributed by atoms with Crippen LogP contribution in [0.1, 0.15) is 23.1 Å². The van der Waals surface area contributed by atoms with Crippen molar-refractivity contribution in [3.05, 3.63) is 95.6 Å². The summed E-state index contributed by atoms with van der Waals surface area (Å²) in [4.78, 5) is 2.12. The third-order valence-electron chi connectivity index (χ3n) is 5.14. The molecule has 0 aromatic heterocycles. The van der Waals surface area contributed by atoms with E-state index in [4.69, 9.17) is 9.47 Å². The van der Waals surface area contributed by atoms with Crippen molar-refractivity contribution in [2.75, 3.05) is 33.9 Å². The minimum absolute atomic E-state index is 0.677. The topological polar surface area (TPSA) is 21.7 Å². The Kier molecular flexibility index (Phi) is 5.97. The monoisotopic (exact) mass is 385 g/mol. The maximum Gasteiger partial charge on any atom is 0.127 e. The number of nitrogens with zero attached hydrogens (tertiary/aromatic N) is 1. The Bertz CT molecular complexity index is 975. The number of para-hydroxylation sites is 1. The summed E-state index contributed by atoms with van der Waals surface area (Å²) < 4.78 is 12.0. The lowest BCUT2D eigenvalue weighted by Crippen LogP contribution is -2.19. The van der Waals surface area contributed by atoms with Crippen LogP contribution in [0.4, 0.5) is 0 Å². The Labute approximate surface area is 173 Å². The highest BCUT2D eigenvalue weighted by Gasteiger charge is 2.20. The molecule has 0 N–H and O–H groups in total. The number of fused-ring (bicyclic) bond motifs is 1. The van der Waals surface area contributed by atoms with Gasteiger partial charge in [-0.3, -0.25) is 0 Å². The first-order valence-corrected chi connectivity index (χ1v) is 10.1. The first-order valence-electron chi connectivity index (χ1n) is 10.1. The molecule has 0 amide bonds. The maximum atomic E-state index is 6.08. The van der Waals surface area contributed by atoms with Crippen molar-refractivity contribution < 1.29 is 9.47 Å². The van der Waals surface area contributed by atoms with Crippen LogP contribution in [0, 0.1) is 0 Å². The van der Waals surface area contributed by atoms with Crippen molar-refractivity contribution in [2.24, 2.45) is 0 Å². The lowest BCUT2D eigenvalue weighted by atomic mass is 9.88. The predicted molar refractivity (Wildman–Crippen MR) is 119 cm³/mol. The van der Waals surface area contributed by atoms with Crippen molar-refractivity contribution in [2.45, 2.75) is 6.42 Å². The standard InChI is InChI=1S/C26H27NO2/c1-27(2)17-19-28-22-14-12-21(13-15-22)26-23(20-8-4-3-5-9-20)16-18-29-25-11-7-6-10-24(25)26/h3-15H,16-19H2,1-2H3. The molecule has 3 heteroatoms. The first-order chi connectivity index (χ1) is 14.2. The van der Waals surface area contributed by atoms with E-state index < -0.39 is 0 Å². The molecule has 0 saturated heterocycles. The van der Waals surface area contributed by atoms with E-state index in [1.165, 1.54) is 22.3 Å². The molecule has 1 heterocycles. The first kappa shape index (κ1) is 19.3. The van der Waals surface area contributed by atoms with Gasteiger partial charge in [0.1, 0.15) is 18.1 Å². The van der Waals surface area contributed by atoms with E-state index in [-0.39, 0.29) is 0 Å². The second kappa shape index (κ2) is 8.97. The van der Waals surface area contributed by atoms with Gasteiger partial charge in [-0.25, -0.2) is 0 Å². The number of likely N-dealkylation sites (N-methyl/N-ethyl adjacent to an activating group) is 1. The fourth-order valence-corrected chi connectivity index (χ4v) is 3.67. The quantitative estimate of drug-likeness (QED) is 0.569. The number of ether oxygens (including phenoxy) is 2. The largest absolute Gasteiger partial charge is 0.493 e. The summed E-state index contributed by atoms with van der Waals surface area (Å²) in [5, 5.41) is 0. The molecular weight excluding hydrogens is 358 g/mol. The minimum atomic E-state index is 0.677. The maximum absolute atomic E-state index is 6.08. The lowest BCUT2D eigenvalue weighted by molar-refractivity contribution is 0.261. The van der Waals surface area contributed by atoms with Crippen LogP contribution in [0.25, 0.3) is 11.1 Å². The van der Waals surface area contributed by atoms with Crippen LogP contribution in [-0.2, 0) is 0 Å². The number of rotatable bonds is 6. The van der Waals surface area contributed by atoms with Gasteiger partial charge in [-0.2, -0.15) is 0 Å². The van der Waals surface area contributed by atoms with Gasteiger partial charge in [0.25, 0.3) is 0 Å². The van der Waals surface area contributed by atoms with Crippen LogP contribution in [0.3, 0.4) is 0 Å². The van der Waals surface area contributed by atoms with Gasteiger partial charge in [0.05, 0.1) is 6.61 Å². The SMILES string of the molecule is CN(C)CCOc1ccc(C2=C(c3ccccc3)CCOc3ccccc32)cc1. The number of hydrogen-bond donors (Lipinski definition) is 0. The summed E-state index contributed by atoms with van der Waals surface area (Å²) in [5.41, 5.74) is 6.13. The van der Waals surface area contributed by atoms with Crippen LogP contribution in [0.5, 0.6) is 11.5 Å². The zero-order chi connectivity index (χ0) is 20.1. The van der Waals surface area contributed by atoms with Gasteiger partial charge in [-0.1, -0.05) is 60.7 Å². The zero-order valence-corrected chi connectivity index (χ0v) is 17.1. The molecule has 3 aromatic carbocycles. The highest BCUT2D eigenvalue weighted by molar-refractivity contribution is 6.00. The van der Waals surface area contributed by atoms with Gasteiger partial charge < -0.3 is 14.4 Å². The molecule has 0 saturated carbocycles. The normalized spacial score (nSPS) is 13.6. The summed E-state index contributed by atoms with van der Waals surface area (Å²) in [6, 6.07) is 27.4. The number of hydrogen-bond acceptors (Lipinski definition) is 3. The summed E-state index contributed by atoms with van der Waals surface area (Å²) >= 11 is 0. The summed E-state index contributed by atoms with van der Waals surface area (Å²) in [5.74, 6) is 1.84. The molecule has 0 fully saturated rings. The van der Waals surface area contributed by atoms with Gasteiger partial charge in [0, 0.05) is 18.5 Å². The number of benzene rings is 3. The zero-order valence-electron chi connectivity index (χ0n) is 17.1. The van der Waals surface area contributed by atoms with Crippen molar-refractivity contribution in [3.8, 4) is 11.5 Å². The van der Waals surface area contributed by atoms with Crippen molar-refractivity contribution in [1.29, 1.82) is 0 Å². The Morgan fingerprint density at radius 3 is 2.31 bits per heavy atom. The molecule has 3 nitrogen and oxygen atoms in total. The fraction of sp³-hybridized carbons (Fsp3) is 0.231. The Balaban J connectivity index is 1.75. The molecule has 148 valence electrons. The van der Waals surface area contributed by atoms with Gasteiger partial charge in [0.15, 0.2) is 0 Å². The molecule has 3 aromatic rings. The van der Waals surface area contributed by atoms with Crippen LogP contribution in [0.15, 0.2) is 78.9 Å². The van der Waals surface area contributed by atoms with Crippen LogP contribution in [0.2, 0.25) is 0 Å². The van der Waals surface area contributed by atoms with Crippen molar-refractivity contribution in [3.63, 3.8) is 0 Å². The van der Waals surface area contributed by atoms with Crippen molar-refractivity contribution >= 4 is 11.1 Å². The van der Waals surface area contributed by atoms with E-state index >= 15 is 0 Å². The molecule has 0 radical (unpaired) electrons. The van der Waals surface area contributed by atoms with Crippen LogP contribution < -0.4 is 9.47 Å². The second-order valence-electron chi connectivity index (χ2n) is 7.49. The smallest absolute Gasteiger partial charge is 0.127 e. The molecule has 0 atom stereocenters. The van der Waals surface area contributed by atoms with Gasteiger partial charge >= 0.3 is 0 Å². The van der Waals surface area contributed by atoms with E-state index in [1.54, 1.807) is 0 Å². The van der Waals surface area contributed by atoms with E-state index in [2.05, 4.69) is 91.8 Å². The highest BCUT2D eigenvalue weighted by Crippen LogP contribution is 2.41. The van der Waals surface area contributed by atoms with Gasteiger partial charge in [-0.05, 0) is 54.6 Å². The van der Waals surface area contributed by atoms with Gasteiger partial charge in [-0.15, -0.1) is 0 Å². The molecule has 1 aliphatic rings.